The number of benzene rings is 1. The normalized spacial score (nSPS) is 9.80. The molecule has 0 atom stereocenters. The van der Waals surface area contributed by atoms with Crippen molar-refractivity contribution in [1.29, 1.82) is 0 Å². The lowest BCUT2D eigenvalue weighted by Gasteiger charge is -2.03. The SMILES string of the molecule is COC(=O)CSc1cccc(B(O)O)c1. The predicted molar refractivity (Wildman–Crippen MR) is 59.0 cm³/mol. The summed E-state index contributed by atoms with van der Waals surface area (Å²) in [5.41, 5.74) is 0.407. The fourth-order valence-electron chi connectivity index (χ4n) is 0.966. The van der Waals surface area contributed by atoms with Gasteiger partial charge in [-0.15, -0.1) is 11.8 Å². The minimum absolute atomic E-state index is 0.210. The molecule has 0 saturated carbocycles. The van der Waals surface area contributed by atoms with Crippen molar-refractivity contribution in [1.82, 2.24) is 0 Å². The van der Waals surface area contributed by atoms with E-state index in [-0.39, 0.29) is 11.7 Å². The summed E-state index contributed by atoms with van der Waals surface area (Å²) >= 11 is 1.29. The van der Waals surface area contributed by atoms with Crippen molar-refractivity contribution in [2.75, 3.05) is 12.9 Å². The van der Waals surface area contributed by atoms with Crippen molar-refractivity contribution in [3.05, 3.63) is 24.3 Å². The van der Waals surface area contributed by atoms with Crippen LogP contribution >= 0.6 is 11.8 Å². The van der Waals surface area contributed by atoms with E-state index in [9.17, 15) is 4.79 Å². The summed E-state index contributed by atoms with van der Waals surface area (Å²) in [6.45, 7) is 0. The van der Waals surface area contributed by atoms with Gasteiger partial charge in [0.2, 0.25) is 0 Å². The molecule has 0 aromatic heterocycles. The Morgan fingerprint density at radius 3 is 2.87 bits per heavy atom. The average molecular weight is 226 g/mol. The maximum absolute atomic E-state index is 10.9. The van der Waals surface area contributed by atoms with Crippen molar-refractivity contribution in [2.45, 2.75) is 4.90 Å². The number of hydrogen-bond donors (Lipinski definition) is 2. The van der Waals surface area contributed by atoms with E-state index in [4.69, 9.17) is 10.0 Å². The van der Waals surface area contributed by atoms with Crippen LogP contribution in [0.25, 0.3) is 0 Å². The lowest BCUT2D eigenvalue weighted by atomic mass is 9.80. The lowest BCUT2D eigenvalue weighted by molar-refractivity contribution is -0.137. The molecule has 0 radical (unpaired) electrons. The van der Waals surface area contributed by atoms with Crippen molar-refractivity contribution < 1.29 is 19.6 Å². The summed E-state index contributed by atoms with van der Waals surface area (Å²) in [6, 6.07) is 6.72. The first-order chi connectivity index (χ1) is 7.13. The summed E-state index contributed by atoms with van der Waals surface area (Å²) in [5.74, 6) is -0.100. The molecule has 1 aromatic carbocycles. The highest BCUT2D eigenvalue weighted by Gasteiger charge is 2.11. The molecule has 6 heteroatoms. The average Bonchev–Trinajstić information content (AvgIpc) is 2.26. The van der Waals surface area contributed by atoms with Gasteiger partial charge in [-0.3, -0.25) is 4.79 Å². The largest absolute Gasteiger partial charge is 0.488 e. The van der Waals surface area contributed by atoms with Crippen molar-refractivity contribution in [3.63, 3.8) is 0 Å². The van der Waals surface area contributed by atoms with Crippen molar-refractivity contribution in [3.8, 4) is 0 Å². The maximum atomic E-state index is 10.9. The zero-order valence-electron chi connectivity index (χ0n) is 8.21. The predicted octanol–water partition coefficient (Wildman–Crippen LogP) is -0.369. The lowest BCUT2D eigenvalue weighted by Crippen LogP contribution is -2.29. The van der Waals surface area contributed by atoms with Crippen LogP contribution in [0.4, 0.5) is 0 Å². The third kappa shape index (κ3) is 3.95. The van der Waals surface area contributed by atoms with Gasteiger partial charge in [0.25, 0.3) is 0 Å². The Hall–Kier alpha value is -0.975. The zero-order chi connectivity index (χ0) is 11.3. The number of methoxy groups -OCH3 is 1. The molecule has 80 valence electrons. The van der Waals surface area contributed by atoms with E-state index in [0.29, 0.717) is 5.46 Å². The van der Waals surface area contributed by atoms with Crippen LogP contribution in [0.15, 0.2) is 29.2 Å². The smallest absolute Gasteiger partial charge is 0.468 e. The number of hydrogen-bond acceptors (Lipinski definition) is 5. The third-order valence-corrected chi connectivity index (χ3v) is 2.71. The topological polar surface area (TPSA) is 66.8 Å². The van der Waals surface area contributed by atoms with Crippen LogP contribution in [0.2, 0.25) is 0 Å². The second-order valence-corrected chi connectivity index (χ2v) is 3.86. The van der Waals surface area contributed by atoms with Gasteiger partial charge in [0.1, 0.15) is 0 Å². The molecule has 0 bridgehead atoms. The van der Waals surface area contributed by atoms with Gasteiger partial charge in [0.05, 0.1) is 12.9 Å². The van der Waals surface area contributed by atoms with Crippen LogP contribution < -0.4 is 5.46 Å². The highest BCUT2D eigenvalue weighted by atomic mass is 32.2. The van der Waals surface area contributed by atoms with Crippen LogP contribution in [0.5, 0.6) is 0 Å². The molecular formula is C9H11BO4S. The molecule has 1 aromatic rings. The fourth-order valence-corrected chi connectivity index (χ4v) is 1.76. The summed E-state index contributed by atoms with van der Waals surface area (Å²) in [5, 5.41) is 17.9. The van der Waals surface area contributed by atoms with Gasteiger partial charge in [0.15, 0.2) is 0 Å². The second kappa shape index (κ2) is 5.80. The summed E-state index contributed by atoms with van der Waals surface area (Å²) in [7, 11) is -0.153. The van der Waals surface area contributed by atoms with Gasteiger partial charge >= 0.3 is 13.1 Å². The van der Waals surface area contributed by atoms with Gasteiger partial charge in [0, 0.05) is 4.90 Å². The Morgan fingerprint density at radius 2 is 2.27 bits per heavy atom. The zero-order valence-corrected chi connectivity index (χ0v) is 9.03. The first-order valence-corrected chi connectivity index (χ1v) is 5.27. The minimum atomic E-state index is -1.48. The molecule has 15 heavy (non-hydrogen) atoms. The molecule has 0 fully saturated rings. The Kier molecular flexibility index (Phi) is 4.67. The monoisotopic (exact) mass is 226 g/mol. The van der Waals surface area contributed by atoms with Gasteiger partial charge < -0.3 is 14.8 Å². The number of ether oxygens (including phenoxy) is 1. The molecule has 0 heterocycles. The molecule has 0 amide bonds. The summed E-state index contributed by atoms with van der Waals surface area (Å²) in [6.07, 6.45) is 0. The molecule has 1 rings (SSSR count). The minimum Gasteiger partial charge on any atom is -0.468 e. The van der Waals surface area contributed by atoms with E-state index in [1.165, 1.54) is 18.9 Å². The van der Waals surface area contributed by atoms with E-state index in [2.05, 4.69) is 4.74 Å². The Bertz CT molecular complexity index is 343. The quantitative estimate of drug-likeness (QED) is 0.416. The Labute approximate surface area is 92.4 Å². The highest BCUT2D eigenvalue weighted by Crippen LogP contribution is 2.16. The molecule has 0 aliphatic heterocycles. The molecule has 4 nitrogen and oxygen atoms in total. The van der Waals surface area contributed by atoms with Crippen LogP contribution in [0, 0.1) is 0 Å². The number of carbonyl (C=O) groups is 1. The van der Waals surface area contributed by atoms with Crippen LogP contribution in [0.3, 0.4) is 0 Å². The summed E-state index contributed by atoms with van der Waals surface area (Å²) in [4.78, 5) is 11.7. The van der Waals surface area contributed by atoms with Gasteiger partial charge in [-0.1, -0.05) is 12.1 Å². The highest BCUT2D eigenvalue weighted by molar-refractivity contribution is 8.00. The fraction of sp³-hybridized carbons (Fsp3) is 0.222. The first kappa shape index (κ1) is 12.1. The Morgan fingerprint density at radius 1 is 1.53 bits per heavy atom. The number of carbonyl (C=O) groups excluding carboxylic acids is 1. The van der Waals surface area contributed by atoms with Crippen LogP contribution in [0.1, 0.15) is 0 Å². The van der Waals surface area contributed by atoms with Crippen molar-refractivity contribution in [2.24, 2.45) is 0 Å². The van der Waals surface area contributed by atoms with E-state index in [1.807, 2.05) is 0 Å². The van der Waals surface area contributed by atoms with E-state index < -0.39 is 7.12 Å². The Balaban J connectivity index is 2.61. The van der Waals surface area contributed by atoms with Gasteiger partial charge in [-0.25, -0.2) is 0 Å². The molecular weight excluding hydrogens is 215 g/mol. The maximum Gasteiger partial charge on any atom is 0.488 e. The molecule has 2 N–H and O–H groups in total. The molecule has 0 spiro atoms. The molecule has 0 unspecified atom stereocenters. The number of esters is 1. The molecule has 0 saturated heterocycles. The molecule has 0 aliphatic carbocycles. The number of rotatable bonds is 4. The number of thioether (sulfide) groups is 1. The first-order valence-electron chi connectivity index (χ1n) is 4.29. The van der Waals surface area contributed by atoms with Crippen LogP contribution in [-0.4, -0.2) is 36.0 Å². The van der Waals surface area contributed by atoms with Crippen LogP contribution in [-0.2, 0) is 9.53 Å². The van der Waals surface area contributed by atoms with Crippen molar-refractivity contribution >= 4 is 30.3 Å². The standard InChI is InChI=1S/C9H11BO4S/c1-14-9(11)6-15-8-4-2-3-7(5-8)10(12)13/h2-5,12-13H,6H2,1H3. The van der Waals surface area contributed by atoms with E-state index in [0.717, 1.165) is 4.90 Å². The van der Waals surface area contributed by atoms with E-state index >= 15 is 0 Å². The van der Waals surface area contributed by atoms with Gasteiger partial charge in [-0.2, -0.15) is 0 Å². The summed E-state index contributed by atoms with van der Waals surface area (Å²) < 4.78 is 4.49. The third-order valence-electron chi connectivity index (χ3n) is 1.74. The second-order valence-electron chi connectivity index (χ2n) is 2.81. The van der Waals surface area contributed by atoms with Gasteiger partial charge in [-0.05, 0) is 17.6 Å². The van der Waals surface area contributed by atoms with E-state index in [1.54, 1.807) is 24.3 Å². The molecule has 0 aliphatic rings.